The average Bonchev–Trinajstić information content (AvgIpc) is 3.77. The van der Waals surface area contributed by atoms with E-state index in [0.717, 1.165) is 32.6 Å². The number of aromatic hydroxyl groups is 2. The first-order valence-corrected chi connectivity index (χ1v) is 13.9. The summed E-state index contributed by atoms with van der Waals surface area (Å²) in [6, 6.07) is 28.6. The third-order valence-corrected chi connectivity index (χ3v) is 7.80. The van der Waals surface area contributed by atoms with Crippen LogP contribution in [0.3, 0.4) is 0 Å². The second kappa shape index (κ2) is 12.2. The molecule has 10 heteroatoms. The van der Waals surface area contributed by atoms with Gasteiger partial charge in [-0.1, -0.05) is 58.2 Å². The highest BCUT2D eigenvalue weighted by molar-refractivity contribution is 7.14. The van der Waals surface area contributed by atoms with Gasteiger partial charge < -0.3 is 10.2 Å². The molecular weight excluding hydrogens is 535 g/mol. The van der Waals surface area contributed by atoms with E-state index in [1.807, 2.05) is 77.5 Å². The minimum absolute atomic E-state index is 0.320. The largest absolute Gasteiger partial charge is 0.508 e. The van der Waals surface area contributed by atoms with Crippen LogP contribution in [0.4, 0.5) is 0 Å². The zero-order valence-electron chi connectivity index (χ0n) is 19.8. The SMILES string of the molecule is Oc1cccc(-c2cccs2)c1.Oc1cccc(-c2cccs2)c1.c1cc(-c2c[nH]nn2)c2nnsc2c1. The Balaban J connectivity index is 0.000000117. The lowest BCUT2D eigenvalue weighted by Gasteiger charge is -1.96. The Kier molecular flexibility index (Phi) is 8.14. The molecule has 0 aliphatic heterocycles. The molecule has 3 aromatic carbocycles. The number of aromatic nitrogens is 5. The second-order valence-corrected chi connectivity index (χ2v) is 10.5. The number of thiophene rings is 2. The number of hydrogen-bond acceptors (Lipinski definition) is 9. The third kappa shape index (κ3) is 6.30. The molecule has 0 saturated heterocycles. The van der Waals surface area contributed by atoms with Gasteiger partial charge in [0.25, 0.3) is 0 Å². The highest BCUT2D eigenvalue weighted by atomic mass is 32.1. The quantitative estimate of drug-likeness (QED) is 0.206. The van der Waals surface area contributed by atoms with Crippen LogP contribution in [0.5, 0.6) is 11.5 Å². The molecule has 0 bridgehead atoms. The van der Waals surface area contributed by atoms with Gasteiger partial charge in [0.05, 0.1) is 10.9 Å². The summed E-state index contributed by atoms with van der Waals surface area (Å²) in [5.41, 5.74) is 4.79. The number of fused-ring (bicyclic) bond motifs is 1. The van der Waals surface area contributed by atoms with E-state index in [2.05, 4.69) is 25.0 Å². The molecular formula is C28H21N5O2S3. The predicted octanol–water partition coefficient (Wildman–Crippen LogP) is 7.72. The van der Waals surface area contributed by atoms with Crippen LogP contribution in [-0.2, 0) is 0 Å². The maximum absolute atomic E-state index is 9.22. The number of hydrogen-bond donors (Lipinski definition) is 3. The smallest absolute Gasteiger partial charge is 0.116 e. The van der Waals surface area contributed by atoms with Gasteiger partial charge in [-0.2, -0.15) is 0 Å². The number of rotatable bonds is 3. The fourth-order valence-corrected chi connectivity index (χ4v) is 5.58. The van der Waals surface area contributed by atoms with Crippen molar-refractivity contribution in [3.8, 4) is 43.6 Å². The highest BCUT2D eigenvalue weighted by Crippen LogP contribution is 2.28. The van der Waals surface area contributed by atoms with Gasteiger partial charge >= 0.3 is 0 Å². The monoisotopic (exact) mass is 555 g/mol. The molecule has 38 heavy (non-hydrogen) atoms. The van der Waals surface area contributed by atoms with Gasteiger partial charge in [0, 0.05) is 15.3 Å². The number of phenolic OH excluding ortho intramolecular Hbond substituents is 2. The van der Waals surface area contributed by atoms with Crippen LogP contribution in [0, 0.1) is 0 Å². The Hall–Kier alpha value is -4.38. The maximum atomic E-state index is 9.22. The molecule has 0 radical (unpaired) electrons. The van der Waals surface area contributed by atoms with Gasteiger partial charge in [-0.15, -0.1) is 32.9 Å². The van der Waals surface area contributed by atoms with E-state index >= 15 is 0 Å². The second-order valence-electron chi connectivity index (χ2n) is 7.84. The minimum atomic E-state index is 0.320. The zero-order valence-corrected chi connectivity index (χ0v) is 22.2. The lowest BCUT2D eigenvalue weighted by Crippen LogP contribution is -1.80. The first-order chi connectivity index (χ1) is 18.7. The van der Waals surface area contributed by atoms with Crippen molar-refractivity contribution < 1.29 is 10.2 Å². The molecule has 0 unspecified atom stereocenters. The lowest BCUT2D eigenvalue weighted by atomic mass is 10.1. The van der Waals surface area contributed by atoms with Crippen LogP contribution in [0.25, 0.3) is 42.4 Å². The number of aromatic amines is 1. The number of nitrogens with one attached hydrogen (secondary N) is 1. The molecule has 0 spiro atoms. The molecule has 7 aromatic rings. The fourth-order valence-electron chi connectivity index (χ4n) is 3.55. The Morgan fingerprint density at radius 1 is 0.658 bits per heavy atom. The van der Waals surface area contributed by atoms with Crippen molar-refractivity contribution in [3.63, 3.8) is 0 Å². The molecule has 0 aliphatic rings. The van der Waals surface area contributed by atoms with Gasteiger partial charge in [0.1, 0.15) is 22.7 Å². The van der Waals surface area contributed by atoms with Crippen LogP contribution in [0.15, 0.2) is 108 Å². The average molecular weight is 556 g/mol. The first-order valence-electron chi connectivity index (χ1n) is 11.4. The van der Waals surface area contributed by atoms with Crippen molar-refractivity contribution in [1.82, 2.24) is 25.0 Å². The van der Waals surface area contributed by atoms with Crippen molar-refractivity contribution in [2.45, 2.75) is 0 Å². The van der Waals surface area contributed by atoms with Crippen molar-refractivity contribution in [3.05, 3.63) is 108 Å². The Labute approximate surface area is 230 Å². The maximum Gasteiger partial charge on any atom is 0.116 e. The van der Waals surface area contributed by atoms with Crippen molar-refractivity contribution in [2.24, 2.45) is 0 Å². The highest BCUT2D eigenvalue weighted by Gasteiger charge is 2.08. The summed E-state index contributed by atoms with van der Waals surface area (Å²) < 4.78 is 4.97. The van der Waals surface area contributed by atoms with E-state index in [-0.39, 0.29) is 0 Å². The summed E-state index contributed by atoms with van der Waals surface area (Å²) >= 11 is 4.73. The molecule has 0 saturated carbocycles. The Morgan fingerprint density at radius 2 is 1.29 bits per heavy atom. The molecule has 0 atom stereocenters. The van der Waals surface area contributed by atoms with Crippen LogP contribution in [0.2, 0.25) is 0 Å². The van der Waals surface area contributed by atoms with Crippen LogP contribution < -0.4 is 0 Å². The number of H-pyrrole nitrogens is 1. The Morgan fingerprint density at radius 3 is 1.82 bits per heavy atom. The summed E-state index contributed by atoms with van der Waals surface area (Å²) in [4.78, 5) is 2.37. The van der Waals surface area contributed by atoms with Gasteiger partial charge in [-0.05, 0) is 75.9 Å². The molecule has 3 N–H and O–H groups in total. The molecule has 7 nitrogen and oxygen atoms in total. The minimum Gasteiger partial charge on any atom is -0.508 e. The van der Waals surface area contributed by atoms with E-state index in [1.54, 1.807) is 53.1 Å². The number of nitrogens with zero attached hydrogens (tertiary/aromatic N) is 4. The molecule has 0 amide bonds. The molecule has 188 valence electrons. The molecule has 0 fully saturated rings. The van der Waals surface area contributed by atoms with Gasteiger partial charge in [-0.3, -0.25) is 5.10 Å². The van der Waals surface area contributed by atoms with Crippen molar-refractivity contribution >= 4 is 44.4 Å². The standard InChI is InChI=1S/2C10H8OS.C8H5N5S/c2*11-9-4-1-3-8(7-9)10-5-2-6-12-10;1-2-5(6-4-9-12-10-6)8-7(3-1)14-13-11-8/h2*1-7,11H;1-4H,(H,9,10,12). The van der Waals surface area contributed by atoms with E-state index in [0.29, 0.717) is 11.5 Å². The summed E-state index contributed by atoms with van der Waals surface area (Å²) in [6.45, 7) is 0. The van der Waals surface area contributed by atoms with Crippen LogP contribution >= 0.6 is 34.2 Å². The van der Waals surface area contributed by atoms with Crippen LogP contribution in [-0.4, -0.2) is 35.2 Å². The first kappa shape index (κ1) is 25.3. The van der Waals surface area contributed by atoms with Crippen LogP contribution in [0.1, 0.15) is 0 Å². The summed E-state index contributed by atoms with van der Waals surface area (Å²) in [5.74, 6) is 0.641. The zero-order chi connectivity index (χ0) is 26.2. The summed E-state index contributed by atoms with van der Waals surface area (Å²) in [5, 5.41) is 36.8. The fraction of sp³-hybridized carbons (Fsp3) is 0. The van der Waals surface area contributed by atoms with Gasteiger partial charge in [0.15, 0.2) is 0 Å². The number of benzene rings is 3. The topological polar surface area (TPSA) is 108 Å². The van der Waals surface area contributed by atoms with Crippen molar-refractivity contribution in [2.75, 3.05) is 0 Å². The summed E-state index contributed by atoms with van der Waals surface area (Å²) in [6.07, 6.45) is 1.74. The third-order valence-electron chi connectivity index (χ3n) is 5.28. The molecule has 4 heterocycles. The predicted molar refractivity (Wildman–Crippen MR) is 156 cm³/mol. The molecule has 4 aromatic heterocycles. The van der Waals surface area contributed by atoms with E-state index < -0.39 is 0 Å². The normalized spacial score (nSPS) is 10.3. The molecule has 7 rings (SSSR count). The van der Waals surface area contributed by atoms with Gasteiger partial charge in [-0.25, -0.2) is 0 Å². The summed E-state index contributed by atoms with van der Waals surface area (Å²) in [7, 11) is 0. The number of phenols is 2. The van der Waals surface area contributed by atoms with E-state index in [1.165, 1.54) is 21.3 Å². The van der Waals surface area contributed by atoms with Gasteiger partial charge in [0.2, 0.25) is 0 Å². The Bertz CT molecular complexity index is 1620. The van der Waals surface area contributed by atoms with E-state index in [4.69, 9.17) is 0 Å². The van der Waals surface area contributed by atoms with E-state index in [9.17, 15) is 10.2 Å². The van der Waals surface area contributed by atoms with Crippen molar-refractivity contribution in [1.29, 1.82) is 0 Å². The lowest BCUT2D eigenvalue weighted by molar-refractivity contribution is 0.475. The molecule has 0 aliphatic carbocycles.